The first-order valence-electron chi connectivity index (χ1n) is 9.82. The number of carbonyl (C=O) groups excluding carboxylic acids is 1. The predicted molar refractivity (Wildman–Crippen MR) is 111 cm³/mol. The normalized spacial score (nSPS) is 22.9. The molecule has 1 aromatic carbocycles. The number of benzene rings is 1. The van der Waals surface area contributed by atoms with Crippen molar-refractivity contribution in [2.45, 2.75) is 64.2 Å². The van der Waals surface area contributed by atoms with Crippen LogP contribution >= 0.6 is 11.8 Å². The van der Waals surface area contributed by atoms with E-state index in [1.807, 2.05) is 32.0 Å². The minimum absolute atomic E-state index is 0.0145. The van der Waals surface area contributed by atoms with Crippen molar-refractivity contribution in [2.24, 2.45) is 11.8 Å². The van der Waals surface area contributed by atoms with Crippen LogP contribution in [0.2, 0.25) is 0 Å². The molecule has 0 bridgehead atoms. The molecule has 1 N–H and O–H groups in total. The van der Waals surface area contributed by atoms with Crippen LogP contribution in [0.1, 0.15) is 53.0 Å². The van der Waals surface area contributed by atoms with Crippen LogP contribution in [0.25, 0.3) is 10.9 Å². The van der Waals surface area contributed by atoms with Crippen molar-refractivity contribution in [1.82, 2.24) is 14.9 Å². The summed E-state index contributed by atoms with van der Waals surface area (Å²) in [6.07, 6.45) is 3.46. The van der Waals surface area contributed by atoms with Gasteiger partial charge in [0.05, 0.1) is 16.7 Å². The Hall–Kier alpha value is -1.82. The lowest BCUT2D eigenvalue weighted by Crippen LogP contribution is -2.44. The Morgan fingerprint density at radius 3 is 2.78 bits per heavy atom. The highest BCUT2D eigenvalue weighted by Gasteiger charge is 2.28. The van der Waals surface area contributed by atoms with E-state index < -0.39 is 0 Å². The van der Waals surface area contributed by atoms with E-state index in [9.17, 15) is 9.59 Å². The Bertz CT molecular complexity index is 877. The van der Waals surface area contributed by atoms with Gasteiger partial charge in [0.2, 0.25) is 5.91 Å². The second kappa shape index (κ2) is 8.46. The fourth-order valence-electron chi connectivity index (χ4n) is 3.85. The first kappa shape index (κ1) is 19.9. The van der Waals surface area contributed by atoms with Gasteiger partial charge in [-0.3, -0.25) is 14.2 Å². The number of nitrogens with one attached hydrogen (secondary N) is 1. The van der Waals surface area contributed by atoms with Gasteiger partial charge in [-0.05, 0) is 44.2 Å². The summed E-state index contributed by atoms with van der Waals surface area (Å²) in [4.78, 5) is 30.0. The zero-order chi connectivity index (χ0) is 19.6. The molecule has 3 rings (SSSR count). The SMILES string of the molecule is CC(C)n1c(SCC(=O)N[C@H]2CCC[C@H](C)[C@H]2C)nc2ccccc2c1=O. The third kappa shape index (κ3) is 4.37. The maximum atomic E-state index is 12.8. The van der Waals surface area contributed by atoms with E-state index >= 15 is 0 Å². The lowest BCUT2D eigenvalue weighted by atomic mass is 9.78. The second-order valence-corrected chi connectivity index (χ2v) is 8.85. The number of thioether (sulfide) groups is 1. The van der Waals surface area contributed by atoms with Gasteiger partial charge in [-0.1, -0.05) is 50.6 Å². The summed E-state index contributed by atoms with van der Waals surface area (Å²) in [6, 6.07) is 7.61. The van der Waals surface area contributed by atoms with Crippen LogP contribution < -0.4 is 10.9 Å². The van der Waals surface area contributed by atoms with Gasteiger partial charge >= 0.3 is 0 Å². The third-order valence-corrected chi connectivity index (χ3v) is 6.63. The van der Waals surface area contributed by atoms with Crippen molar-refractivity contribution < 1.29 is 4.79 Å². The second-order valence-electron chi connectivity index (χ2n) is 7.91. The fraction of sp³-hybridized carbons (Fsp3) is 0.571. The van der Waals surface area contributed by atoms with E-state index in [4.69, 9.17) is 0 Å². The average molecular weight is 388 g/mol. The lowest BCUT2D eigenvalue weighted by molar-refractivity contribution is -0.120. The number of nitrogens with zero attached hydrogens (tertiary/aromatic N) is 2. The van der Waals surface area contributed by atoms with Crippen LogP contribution in [-0.2, 0) is 4.79 Å². The molecule has 1 heterocycles. The van der Waals surface area contributed by atoms with Crippen molar-refractivity contribution in [1.29, 1.82) is 0 Å². The van der Waals surface area contributed by atoms with E-state index in [1.54, 1.807) is 10.6 Å². The number of carbonyl (C=O) groups is 1. The van der Waals surface area contributed by atoms with E-state index in [0.29, 0.717) is 27.9 Å². The van der Waals surface area contributed by atoms with Crippen LogP contribution in [0.5, 0.6) is 0 Å². The third-order valence-electron chi connectivity index (χ3n) is 5.68. The Labute approximate surface area is 164 Å². The van der Waals surface area contributed by atoms with Crippen LogP contribution in [-0.4, -0.2) is 27.3 Å². The van der Waals surface area contributed by atoms with E-state index in [-0.39, 0.29) is 29.3 Å². The molecule has 5 nitrogen and oxygen atoms in total. The molecule has 146 valence electrons. The number of amides is 1. The summed E-state index contributed by atoms with van der Waals surface area (Å²) in [5.41, 5.74) is 0.630. The maximum Gasteiger partial charge on any atom is 0.262 e. The molecule has 0 saturated heterocycles. The van der Waals surface area contributed by atoms with Crippen LogP contribution in [0.3, 0.4) is 0 Å². The molecular formula is C21H29N3O2S. The number of fused-ring (bicyclic) bond motifs is 1. The van der Waals surface area contributed by atoms with Crippen LogP contribution in [0.4, 0.5) is 0 Å². The average Bonchev–Trinajstić information content (AvgIpc) is 2.63. The summed E-state index contributed by atoms with van der Waals surface area (Å²) < 4.78 is 1.69. The number of para-hydroxylation sites is 1. The van der Waals surface area contributed by atoms with Gasteiger partial charge < -0.3 is 5.32 Å². The smallest absolute Gasteiger partial charge is 0.262 e. The summed E-state index contributed by atoms with van der Waals surface area (Å²) in [7, 11) is 0. The Kier molecular flexibility index (Phi) is 6.25. The lowest BCUT2D eigenvalue weighted by Gasteiger charge is -2.34. The number of aromatic nitrogens is 2. The van der Waals surface area contributed by atoms with Crippen molar-refractivity contribution in [2.75, 3.05) is 5.75 Å². The molecular weight excluding hydrogens is 358 g/mol. The zero-order valence-corrected chi connectivity index (χ0v) is 17.4. The molecule has 0 aliphatic heterocycles. The summed E-state index contributed by atoms with van der Waals surface area (Å²) >= 11 is 1.34. The van der Waals surface area contributed by atoms with Crippen LogP contribution in [0, 0.1) is 11.8 Å². The van der Waals surface area contributed by atoms with Gasteiger partial charge in [0.1, 0.15) is 0 Å². The highest BCUT2D eigenvalue weighted by atomic mass is 32.2. The minimum atomic E-state index is -0.0479. The van der Waals surface area contributed by atoms with Crippen molar-refractivity contribution in [3.8, 4) is 0 Å². The maximum absolute atomic E-state index is 12.8. The molecule has 3 atom stereocenters. The molecule has 1 fully saturated rings. The number of rotatable bonds is 5. The number of hydrogen-bond donors (Lipinski definition) is 1. The fourth-order valence-corrected chi connectivity index (χ4v) is 4.79. The molecule has 2 aromatic rings. The van der Waals surface area contributed by atoms with E-state index in [2.05, 4.69) is 24.1 Å². The molecule has 0 unspecified atom stereocenters. The highest BCUT2D eigenvalue weighted by molar-refractivity contribution is 7.99. The predicted octanol–water partition coefficient (Wildman–Crippen LogP) is 4.01. The van der Waals surface area contributed by atoms with Gasteiger partial charge in [0.15, 0.2) is 5.16 Å². The van der Waals surface area contributed by atoms with Crippen molar-refractivity contribution >= 4 is 28.6 Å². The van der Waals surface area contributed by atoms with Crippen molar-refractivity contribution in [3.05, 3.63) is 34.6 Å². The van der Waals surface area contributed by atoms with E-state index in [0.717, 1.165) is 6.42 Å². The van der Waals surface area contributed by atoms with Gasteiger partial charge in [-0.25, -0.2) is 4.98 Å². The first-order chi connectivity index (χ1) is 12.9. The highest BCUT2D eigenvalue weighted by Crippen LogP contribution is 2.29. The molecule has 1 saturated carbocycles. The van der Waals surface area contributed by atoms with Crippen molar-refractivity contribution in [3.63, 3.8) is 0 Å². The quantitative estimate of drug-likeness (QED) is 0.622. The molecule has 1 aliphatic carbocycles. The van der Waals surface area contributed by atoms with Gasteiger partial charge in [-0.2, -0.15) is 0 Å². The van der Waals surface area contributed by atoms with Gasteiger partial charge in [-0.15, -0.1) is 0 Å². The minimum Gasteiger partial charge on any atom is -0.352 e. The molecule has 0 radical (unpaired) electrons. The molecule has 1 amide bonds. The summed E-state index contributed by atoms with van der Waals surface area (Å²) in [5, 5.41) is 4.42. The summed E-state index contributed by atoms with van der Waals surface area (Å²) in [6.45, 7) is 8.42. The first-order valence-corrected chi connectivity index (χ1v) is 10.8. The molecule has 6 heteroatoms. The van der Waals surface area contributed by atoms with Gasteiger partial charge in [0.25, 0.3) is 5.56 Å². The monoisotopic (exact) mass is 387 g/mol. The molecule has 1 aromatic heterocycles. The van der Waals surface area contributed by atoms with Crippen LogP contribution in [0.15, 0.2) is 34.2 Å². The molecule has 27 heavy (non-hydrogen) atoms. The molecule has 1 aliphatic rings. The Balaban J connectivity index is 1.75. The van der Waals surface area contributed by atoms with E-state index in [1.165, 1.54) is 24.6 Å². The Morgan fingerprint density at radius 1 is 1.30 bits per heavy atom. The Morgan fingerprint density at radius 2 is 2.04 bits per heavy atom. The van der Waals surface area contributed by atoms with Gasteiger partial charge in [0, 0.05) is 12.1 Å². The topological polar surface area (TPSA) is 64.0 Å². The largest absolute Gasteiger partial charge is 0.352 e. The number of hydrogen-bond acceptors (Lipinski definition) is 4. The standard InChI is InChI=1S/C21H29N3O2S/c1-13(2)24-20(26)16-9-5-6-10-18(16)23-21(24)27-12-19(25)22-17-11-7-8-14(3)15(17)4/h5-6,9-10,13-15,17H,7-8,11-12H2,1-4H3,(H,22,25)/t14-,15+,17-/m0/s1. The molecule has 0 spiro atoms. The summed E-state index contributed by atoms with van der Waals surface area (Å²) in [5.74, 6) is 1.43. The zero-order valence-electron chi connectivity index (χ0n) is 16.6.